The van der Waals surface area contributed by atoms with Gasteiger partial charge in [-0.05, 0) is 12.1 Å². The summed E-state index contributed by atoms with van der Waals surface area (Å²) in [6.45, 7) is 3.63. The smallest absolute Gasteiger partial charge is 0.263 e. The van der Waals surface area contributed by atoms with Gasteiger partial charge in [-0.15, -0.1) is 0 Å². The van der Waals surface area contributed by atoms with Gasteiger partial charge in [0.05, 0.1) is 0 Å². The van der Waals surface area contributed by atoms with Crippen LogP contribution in [0, 0.1) is 0 Å². The first kappa shape index (κ1) is 10.1. The van der Waals surface area contributed by atoms with Gasteiger partial charge in [0.15, 0.2) is 0 Å². The molecule has 0 fully saturated rings. The van der Waals surface area contributed by atoms with Gasteiger partial charge in [-0.1, -0.05) is 31.2 Å². The zero-order valence-corrected chi connectivity index (χ0v) is 7.56. The van der Waals surface area contributed by atoms with Crippen LogP contribution >= 0.6 is 0 Å². The lowest BCUT2D eigenvalue weighted by Crippen LogP contribution is -2.11. The molecule has 0 unspecified atom stereocenters. The summed E-state index contributed by atoms with van der Waals surface area (Å²) >= 11 is 0. The topological polar surface area (TPSA) is 12.0 Å². The van der Waals surface area contributed by atoms with Crippen molar-refractivity contribution in [3.63, 3.8) is 0 Å². The maximum absolute atomic E-state index is 12.1. The maximum atomic E-state index is 12.1. The predicted molar refractivity (Wildman–Crippen MR) is 48.8 cm³/mol. The molecule has 0 aliphatic carbocycles. The van der Waals surface area contributed by atoms with Gasteiger partial charge >= 0.3 is 0 Å². The zero-order chi connectivity index (χ0) is 9.68. The van der Waals surface area contributed by atoms with Crippen LogP contribution in [0.1, 0.15) is 24.5 Å². The van der Waals surface area contributed by atoms with Crippen molar-refractivity contribution in [1.29, 1.82) is 0 Å². The van der Waals surface area contributed by atoms with Crippen LogP contribution in [0.4, 0.5) is 8.78 Å². The van der Waals surface area contributed by atoms with Crippen LogP contribution in [-0.4, -0.2) is 6.54 Å². The lowest BCUT2D eigenvalue weighted by Gasteiger charge is -2.03. The summed E-state index contributed by atoms with van der Waals surface area (Å²) in [4.78, 5) is 0. The number of nitrogens with one attached hydrogen (secondary N) is 1. The van der Waals surface area contributed by atoms with Gasteiger partial charge in [-0.25, -0.2) is 8.78 Å². The van der Waals surface area contributed by atoms with Crippen LogP contribution in [0.3, 0.4) is 0 Å². The van der Waals surface area contributed by atoms with E-state index >= 15 is 0 Å². The van der Waals surface area contributed by atoms with E-state index in [-0.39, 0.29) is 5.56 Å². The molecule has 13 heavy (non-hydrogen) atoms. The molecule has 1 N–H and O–H groups in total. The molecule has 0 saturated heterocycles. The van der Waals surface area contributed by atoms with Crippen molar-refractivity contribution in [2.24, 2.45) is 0 Å². The van der Waals surface area contributed by atoms with Crippen LogP contribution < -0.4 is 5.32 Å². The third-order valence-corrected chi connectivity index (χ3v) is 1.81. The predicted octanol–water partition coefficient (Wildman–Crippen LogP) is 2.73. The average Bonchev–Trinajstić information content (AvgIpc) is 2.15. The summed E-state index contributed by atoms with van der Waals surface area (Å²) < 4.78 is 24.3. The fourth-order valence-electron chi connectivity index (χ4n) is 1.05. The summed E-state index contributed by atoms with van der Waals surface area (Å²) in [7, 11) is 0. The van der Waals surface area contributed by atoms with E-state index in [2.05, 4.69) is 5.32 Å². The van der Waals surface area contributed by atoms with E-state index in [1.165, 1.54) is 12.1 Å². The highest BCUT2D eigenvalue weighted by atomic mass is 19.3. The molecule has 1 aromatic rings. The van der Waals surface area contributed by atoms with Gasteiger partial charge in [-0.2, -0.15) is 0 Å². The Morgan fingerprint density at radius 1 is 1.23 bits per heavy atom. The van der Waals surface area contributed by atoms with Crippen molar-refractivity contribution in [3.8, 4) is 0 Å². The first-order chi connectivity index (χ1) is 6.24. The van der Waals surface area contributed by atoms with Crippen LogP contribution in [0.2, 0.25) is 0 Å². The first-order valence-corrected chi connectivity index (χ1v) is 4.31. The van der Waals surface area contributed by atoms with Gasteiger partial charge in [0.25, 0.3) is 6.43 Å². The molecule has 0 atom stereocenters. The largest absolute Gasteiger partial charge is 0.313 e. The quantitative estimate of drug-likeness (QED) is 0.760. The minimum Gasteiger partial charge on any atom is -0.313 e. The number of rotatable bonds is 4. The minimum absolute atomic E-state index is 0.0836. The Balaban J connectivity index is 2.59. The molecule has 0 heterocycles. The Morgan fingerprint density at radius 3 is 2.31 bits per heavy atom. The summed E-state index contributed by atoms with van der Waals surface area (Å²) in [6.07, 6.45) is -2.37. The highest BCUT2D eigenvalue weighted by Gasteiger charge is 2.04. The fraction of sp³-hybridized carbons (Fsp3) is 0.400. The summed E-state index contributed by atoms with van der Waals surface area (Å²) in [6, 6.07) is 6.39. The van der Waals surface area contributed by atoms with E-state index in [0.29, 0.717) is 0 Å². The average molecular weight is 185 g/mol. The zero-order valence-electron chi connectivity index (χ0n) is 7.56. The molecule has 1 rings (SSSR count). The molecule has 0 aromatic heterocycles. The summed E-state index contributed by atoms with van der Waals surface area (Å²) in [5, 5.41) is 3.13. The Bertz CT molecular complexity index is 244. The molecule has 0 bridgehead atoms. The van der Waals surface area contributed by atoms with Crippen molar-refractivity contribution in [1.82, 2.24) is 5.32 Å². The molecule has 0 spiro atoms. The molecule has 1 aromatic carbocycles. The van der Waals surface area contributed by atoms with E-state index in [1.54, 1.807) is 12.1 Å². The molecule has 1 nitrogen and oxygen atoms in total. The van der Waals surface area contributed by atoms with E-state index in [0.717, 1.165) is 18.7 Å². The van der Waals surface area contributed by atoms with Gasteiger partial charge in [0.2, 0.25) is 0 Å². The lowest BCUT2D eigenvalue weighted by atomic mass is 10.1. The second kappa shape index (κ2) is 4.92. The fourth-order valence-corrected chi connectivity index (χ4v) is 1.05. The normalized spacial score (nSPS) is 10.8. The van der Waals surface area contributed by atoms with Crippen molar-refractivity contribution in [3.05, 3.63) is 35.4 Å². The van der Waals surface area contributed by atoms with Gasteiger partial charge in [-0.3, -0.25) is 0 Å². The van der Waals surface area contributed by atoms with Crippen molar-refractivity contribution in [2.75, 3.05) is 6.54 Å². The van der Waals surface area contributed by atoms with Crippen molar-refractivity contribution in [2.45, 2.75) is 19.9 Å². The van der Waals surface area contributed by atoms with Gasteiger partial charge in [0.1, 0.15) is 0 Å². The third kappa shape index (κ3) is 3.11. The second-order valence-electron chi connectivity index (χ2n) is 2.82. The Kier molecular flexibility index (Phi) is 3.83. The molecule has 3 heteroatoms. The Hall–Kier alpha value is -0.960. The van der Waals surface area contributed by atoms with Crippen LogP contribution in [0.25, 0.3) is 0 Å². The number of hydrogen-bond acceptors (Lipinski definition) is 1. The van der Waals surface area contributed by atoms with Crippen LogP contribution in [-0.2, 0) is 6.54 Å². The Labute approximate surface area is 76.8 Å². The number of halogens is 2. The standard InChI is InChI=1S/C10H13F2N/c1-2-13-7-8-3-5-9(6-4-8)10(11)12/h3-6,10,13H,2,7H2,1H3. The molecule has 0 aliphatic rings. The minimum atomic E-state index is -2.37. The second-order valence-corrected chi connectivity index (χ2v) is 2.82. The molecule has 0 amide bonds. The summed E-state index contributed by atoms with van der Waals surface area (Å²) in [5.41, 5.74) is 1.12. The van der Waals surface area contributed by atoms with Crippen molar-refractivity contribution < 1.29 is 8.78 Å². The molecule has 0 saturated carbocycles. The van der Waals surface area contributed by atoms with E-state index < -0.39 is 6.43 Å². The molecular weight excluding hydrogens is 172 g/mol. The Morgan fingerprint density at radius 2 is 1.85 bits per heavy atom. The van der Waals surface area contributed by atoms with Gasteiger partial charge in [0, 0.05) is 12.1 Å². The summed E-state index contributed by atoms with van der Waals surface area (Å²) in [5.74, 6) is 0. The van der Waals surface area contributed by atoms with E-state index in [9.17, 15) is 8.78 Å². The van der Waals surface area contributed by atoms with Crippen LogP contribution in [0.15, 0.2) is 24.3 Å². The maximum Gasteiger partial charge on any atom is 0.263 e. The molecular formula is C10H13F2N. The van der Waals surface area contributed by atoms with Crippen molar-refractivity contribution >= 4 is 0 Å². The first-order valence-electron chi connectivity index (χ1n) is 4.31. The monoisotopic (exact) mass is 185 g/mol. The molecule has 72 valence electrons. The number of alkyl halides is 2. The highest BCUT2D eigenvalue weighted by Crippen LogP contribution is 2.18. The highest BCUT2D eigenvalue weighted by molar-refractivity contribution is 5.23. The SMILES string of the molecule is CCNCc1ccc(C(F)F)cc1. The van der Waals surface area contributed by atoms with Gasteiger partial charge < -0.3 is 5.32 Å². The van der Waals surface area contributed by atoms with E-state index in [1.807, 2.05) is 6.92 Å². The lowest BCUT2D eigenvalue weighted by molar-refractivity contribution is 0.151. The molecule has 0 aliphatic heterocycles. The number of benzene rings is 1. The number of hydrogen-bond donors (Lipinski definition) is 1. The van der Waals surface area contributed by atoms with Crippen LogP contribution in [0.5, 0.6) is 0 Å². The third-order valence-electron chi connectivity index (χ3n) is 1.81. The van der Waals surface area contributed by atoms with E-state index in [4.69, 9.17) is 0 Å². The molecule has 0 radical (unpaired) electrons.